The van der Waals surface area contributed by atoms with Gasteiger partial charge < -0.3 is 5.32 Å². The lowest BCUT2D eigenvalue weighted by Gasteiger charge is -2.34. The molecule has 0 amide bonds. The monoisotopic (exact) mass is 244 g/mol. The first-order chi connectivity index (χ1) is 8.89. The van der Waals surface area contributed by atoms with Crippen LogP contribution in [0.3, 0.4) is 0 Å². The molecule has 0 unspecified atom stereocenters. The van der Waals surface area contributed by atoms with Gasteiger partial charge in [0.15, 0.2) is 0 Å². The highest BCUT2D eigenvalue weighted by atomic mass is 15.0. The smallest absolute Gasteiger partial charge is 0.0270 e. The molecule has 1 aromatic heterocycles. The van der Waals surface area contributed by atoms with Crippen LogP contribution in [0.25, 0.3) is 0 Å². The van der Waals surface area contributed by atoms with Crippen LogP contribution >= 0.6 is 0 Å². The van der Waals surface area contributed by atoms with Crippen LogP contribution in [-0.2, 0) is 5.41 Å². The number of nitrogens with one attached hydrogen (secondary N) is 1. The highest BCUT2D eigenvalue weighted by Gasteiger charge is 2.34. The zero-order valence-corrected chi connectivity index (χ0v) is 11.2. The minimum atomic E-state index is 0.377. The number of hydrogen-bond acceptors (Lipinski definition) is 2. The molecule has 0 bridgehead atoms. The third-order valence-electron chi connectivity index (χ3n) is 4.66. The average molecular weight is 244 g/mol. The molecule has 18 heavy (non-hydrogen) atoms. The van der Waals surface area contributed by atoms with Gasteiger partial charge in [-0.3, -0.25) is 4.98 Å². The zero-order valence-electron chi connectivity index (χ0n) is 11.2. The first-order valence-corrected chi connectivity index (χ1v) is 7.53. The molecule has 1 heterocycles. The lowest BCUT2D eigenvalue weighted by Crippen LogP contribution is -2.39. The number of rotatable bonds is 4. The second-order valence-corrected chi connectivity index (χ2v) is 6.09. The zero-order chi connectivity index (χ0) is 12.3. The topological polar surface area (TPSA) is 24.9 Å². The summed E-state index contributed by atoms with van der Waals surface area (Å²) >= 11 is 0. The second-order valence-electron chi connectivity index (χ2n) is 6.09. The molecule has 1 aromatic rings. The summed E-state index contributed by atoms with van der Waals surface area (Å²) < 4.78 is 0. The quantitative estimate of drug-likeness (QED) is 0.821. The molecule has 2 nitrogen and oxygen atoms in total. The van der Waals surface area contributed by atoms with E-state index in [0.29, 0.717) is 5.41 Å². The van der Waals surface area contributed by atoms with E-state index in [0.717, 1.165) is 6.04 Å². The number of hydrogen-bond donors (Lipinski definition) is 1. The summed E-state index contributed by atoms with van der Waals surface area (Å²) in [6.07, 6.45) is 15.0. The molecule has 0 aromatic carbocycles. The molecule has 0 saturated heterocycles. The molecule has 1 N–H and O–H groups in total. The highest BCUT2D eigenvalue weighted by Crippen LogP contribution is 2.38. The Balaban J connectivity index is 1.80. The maximum absolute atomic E-state index is 4.18. The Morgan fingerprint density at radius 2 is 1.72 bits per heavy atom. The molecule has 3 rings (SSSR count). The lowest BCUT2D eigenvalue weighted by molar-refractivity contribution is 0.346. The van der Waals surface area contributed by atoms with Gasteiger partial charge in [0, 0.05) is 30.4 Å². The van der Waals surface area contributed by atoms with Gasteiger partial charge in [0.2, 0.25) is 0 Å². The third-order valence-corrected chi connectivity index (χ3v) is 4.66. The van der Waals surface area contributed by atoms with E-state index in [9.17, 15) is 0 Å². The Hall–Kier alpha value is -0.890. The van der Waals surface area contributed by atoms with Crippen LogP contribution in [0.4, 0.5) is 0 Å². The van der Waals surface area contributed by atoms with Crippen LogP contribution in [-0.4, -0.2) is 17.6 Å². The standard InChI is InChI=1S/C16H24N2/c1-2-4-10-16(9-3-1,13-18-15-5-6-15)14-7-11-17-12-8-14/h7-8,11-12,15,18H,1-6,9-10,13H2. The third kappa shape index (κ3) is 2.74. The molecule has 0 spiro atoms. The van der Waals surface area contributed by atoms with Crippen LogP contribution < -0.4 is 5.32 Å². The number of pyridine rings is 1. The van der Waals surface area contributed by atoms with Gasteiger partial charge in [-0.1, -0.05) is 25.7 Å². The molecule has 2 fully saturated rings. The highest BCUT2D eigenvalue weighted by molar-refractivity contribution is 5.24. The van der Waals surface area contributed by atoms with Gasteiger partial charge >= 0.3 is 0 Å². The van der Waals surface area contributed by atoms with E-state index in [2.05, 4.69) is 22.4 Å². The van der Waals surface area contributed by atoms with E-state index in [-0.39, 0.29) is 0 Å². The van der Waals surface area contributed by atoms with E-state index in [1.807, 2.05) is 12.4 Å². The van der Waals surface area contributed by atoms with Crippen molar-refractivity contribution in [3.05, 3.63) is 30.1 Å². The molecule has 98 valence electrons. The average Bonchev–Trinajstić information content (AvgIpc) is 3.25. The van der Waals surface area contributed by atoms with Crippen molar-refractivity contribution < 1.29 is 0 Å². The van der Waals surface area contributed by atoms with Crippen molar-refractivity contribution in [3.8, 4) is 0 Å². The number of aromatic nitrogens is 1. The lowest BCUT2D eigenvalue weighted by atomic mass is 9.74. The van der Waals surface area contributed by atoms with Crippen molar-refractivity contribution in [1.82, 2.24) is 10.3 Å². The molecule has 0 atom stereocenters. The van der Waals surface area contributed by atoms with Gasteiger partial charge in [0.05, 0.1) is 0 Å². The minimum Gasteiger partial charge on any atom is -0.313 e. The Morgan fingerprint density at radius 3 is 2.33 bits per heavy atom. The second kappa shape index (κ2) is 5.40. The summed E-state index contributed by atoms with van der Waals surface area (Å²) in [4.78, 5) is 4.18. The summed E-state index contributed by atoms with van der Waals surface area (Å²) in [5, 5.41) is 3.77. The van der Waals surface area contributed by atoms with Crippen LogP contribution in [0.1, 0.15) is 56.9 Å². The Kier molecular flexibility index (Phi) is 3.64. The number of nitrogens with zero attached hydrogens (tertiary/aromatic N) is 1. The van der Waals surface area contributed by atoms with E-state index >= 15 is 0 Å². The molecule has 2 aliphatic rings. The van der Waals surface area contributed by atoms with Crippen LogP contribution in [0.5, 0.6) is 0 Å². The SMILES string of the molecule is c1cc(C2(CNC3CC3)CCCCCC2)ccn1. The Bertz CT molecular complexity index is 362. The maximum atomic E-state index is 4.18. The van der Waals surface area contributed by atoms with Crippen LogP contribution in [0.15, 0.2) is 24.5 Å². The van der Waals surface area contributed by atoms with Crippen molar-refractivity contribution in [2.24, 2.45) is 0 Å². The van der Waals surface area contributed by atoms with Gasteiger partial charge in [0.1, 0.15) is 0 Å². The first-order valence-electron chi connectivity index (χ1n) is 7.53. The van der Waals surface area contributed by atoms with Crippen molar-refractivity contribution in [1.29, 1.82) is 0 Å². The van der Waals surface area contributed by atoms with Gasteiger partial charge in [-0.15, -0.1) is 0 Å². The predicted molar refractivity (Wildman–Crippen MR) is 74.6 cm³/mol. The summed E-state index contributed by atoms with van der Waals surface area (Å²) in [6.45, 7) is 1.17. The summed E-state index contributed by atoms with van der Waals surface area (Å²) in [5.74, 6) is 0. The first kappa shape index (κ1) is 12.2. The fourth-order valence-corrected chi connectivity index (χ4v) is 3.31. The fraction of sp³-hybridized carbons (Fsp3) is 0.688. The summed E-state index contributed by atoms with van der Waals surface area (Å²) in [5.41, 5.74) is 1.88. The predicted octanol–water partition coefficient (Wildman–Crippen LogP) is 3.43. The van der Waals surface area contributed by atoms with Gasteiger partial charge in [0.25, 0.3) is 0 Å². The van der Waals surface area contributed by atoms with Gasteiger partial charge in [-0.2, -0.15) is 0 Å². The fourth-order valence-electron chi connectivity index (χ4n) is 3.31. The molecule has 0 aliphatic heterocycles. The maximum Gasteiger partial charge on any atom is 0.0270 e. The normalized spacial score (nSPS) is 23.6. The Labute approximate surface area is 110 Å². The van der Waals surface area contributed by atoms with E-state index in [1.54, 1.807) is 0 Å². The van der Waals surface area contributed by atoms with E-state index < -0.39 is 0 Å². The molecular weight excluding hydrogens is 220 g/mol. The van der Waals surface area contributed by atoms with Gasteiger partial charge in [-0.25, -0.2) is 0 Å². The van der Waals surface area contributed by atoms with Crippen LogP contribution in [0.2, 0.25) is 0 Å². The minimum absolute atomic E-state index is 0.377. The van der Waals surface area contributed by atoms with Crippen molar-refractivity contribution in [2.45, 2.75) is 62.8 Å². The molecular formula is C16H24N2. The van der Waals surface area contributed by atoms with E-state index in [1.165, 1.54) is 63.5 Å². The van der Waals surface area contributed by atoms with Crippen molar-refractivity contribution in [2.75, 3.05) is 6.54 Å². The molecule has 2 saturated carbocycles. The largest absolute Gasteiger partial charge is 0.313 e. The Morgan fingerprint density at radius 1 is 1.06 bits per heavy atom. The van der Waals surface area contributed by atoms with Gasteiger partial charge in [-0.05, 0) is 43.4 Å². The molecule has 2 aliphatic carbocycles. The summed E-state index contributed by atoms with van der Waals surface area (Å²) in [7, 11) is 0. The van der Waals surface area contributed by atoms with Crippen LogP contribution in [0, 0.1) is 0 Å². The van der Waals surface area contributed by atoms with Crippen molar-refractivity contribution in [3.63, 3.8) is 0 Å². The summed E-state index contributed by atoms with van der Waals surface area (Å²) in [6, 6.07) is 5.28. The van der Waals surface area contributed by atoms with Crippen molar-refractivity contribution >= 4 is 0 Å². The van der Waals surface area contributed by atoms with E-state index in [4.69, 9.17) is 0 Å². The molecule has 2 heteroatoms. The molecule has 0 radical (unpaired) electrons.